The van der Waals surface area contributed by atoms with Crippen molar-refractivity contribution in [2.45, 2.75) is 49.3 Å². The van der Waals surface area contributed by atoms with Crippen molar-refractivity contribution in [1.29, 1.82) is 0 Å². The number of nitrogens with one attached hydrogen (secondary N) is 1. The van der Waals surface area contributed by atoms with Gasteiger partial charge in [0.15, 0.2) is 0 Å². The number of hydrogen-bond acceptors (Lipinski definition) is 4. The maximum atomic E-state index is 13.2. The molecule has 0 unspecified atom stereocenters. The molecule has 1 fully saturated rings. The Labute approximate surface area is 164 Å². The van der Waals surface area contributed by atoms with E-state index in [2.05, 4.69) is 20.7 Å². The summed E-state index contributed by atoms with van der Waals surface area (Å²) >= 11 is 2.93. The molecule has 27 heavy (non-hydrogen) atoms. The molecule has 152 valence electrons. The number of benzene rings is 1. The summed E-state index contributed by atoms with van der Waals surface area (Å²) in [6.07, 6.45) is -4.23. The highest BCUT2D eigenvalue weighted by atomic mass is 79.9. The molecule has 1 aliphatic heterocycles. The van der Waals surface area contributed by atoms with Gasteiger partial charge in [0, 0.05) is 23.6 Å². The topological polar surface area (TPSA) is 92.5 Å². The van der Waals surface area contributed by atoms with Gasteiger partial charge >= 0.3 is 6.18 Å². The number of hydrogen-bond donors (Lipinski definition) is 2. The molecule has 0 spiro atoms. The van der Waals surface area contributed by atoms with Crippen LogP contribution in [-0.4, -0.2) is 43.9 Å². The molecule has 1 amide bonds. The molecule has 3 N–H and O–H groups in total. The molecule has 2 rings (SSSR count). The number of halogens is 4. The highest BCUT2D eigenvalue weighted by Crippen LogP contribution is 2.36. The number of carbonyl (C=O) groups is 1. The minimum absolute atomic E-state index is 0.130. The number of likely N-dealkylation sites (tertiary alicyclic amines) is 1. The summed E-state index contributed by atoms with van der Waals surface area (Å²) in [5.74, 6) is -0.254. The highest BCUT2D eigenvalue weighted by molar-refractivity contribution is 9.10. The number of sulfonamides is 1. The van der Waals surface area contributed by atoms with Gasteiger partial charge in [0.2, 0.25) is 15.9 Å². The van der Waals surface area contributed by atoms with Crippen LogP contribution in [0.3, 0.4) is 0 Å². The van der Waals surface area contributed by atoms with E-state index in [4.69, 9.17) is 5.73 Å². The number of nitrogens with two attached hydrogens (primary N) is 1. The van der Waals surface area contributed by atoms with Crippen LogP contribution in [0.15, 0.2) is 27.6 Å². The molecule has 0 aliphatic carbocycles. The van der Waals surface area contributed by atoms with Crippen molar-refractivity contribution >= 4 is 31.9 Å². The normalized spacial score (nSPS) is 17.2. The minimum Gasteiger partial charge on any atom is -0.341 e. The van der Waals surface area contributed by atoms with Gasteiger partial charge in [-0.1, -0.05) is 15.9 Å². The van der Waals surface area contributed by atoms with Gasteiger partial charge in [-0.3, -0.25) is 4.79 Å². The van der Waals surface area contributed by atoms with E-state index < -0.39 is 38.2 Å². The van der Waals surface area contributed by atoms with Crippen molar-refractivity contribution in [3.63, 3.8) is 0 Å². The first-order valence-electron chi connectivity index (χ1n) is 8.19. The number of carbonyl (C=O) groups excluding carboxylic acids is 1. The zero-order chi connectivity index (χ0) is 20.6. The average Bonchev–Trinajstić information content (AvgIpc) is 2.52. The van der Waals surface area contributed by atoms with E-state index in [1.807, 2.05) is 0 Å². The van der Waals surface area contributed by atoms with Gasteiger partial charge in [-0.2, -0.15) is 13.2 Å². The maximum Gasteiger partial charge on any atom is 0.417 e. The van der Waals surface area contributed by atoms with Gasteiger partial charge < -0.3 is 10.6 Å². The van der Waals surface area contributed by atoms with Gasteiger partial charge in [0.25, 0.3) is 0 Å². The summed E-state index contributed by atoms with van der Waals surface area (Å²) in [7, 11) is -4.38. The van der Waals surface area contributed by atoms with Crippen LogP contribution >= 0.6 is 15.9 Å². The van der Waals surface area contributed by atoms with Crippen molar-refractivity contribution in [3.8, 4) is 0 Å². The van der Waals surface area contributed by atoms with Gasteiger partial charge in [-0.25, -0.2) is 13.1 Å². The molecular formula is C16H21BrF3N3O3S. The van der Waals surface area contributed by atoms with Crippen LogP contribution < -0.4 is 10.5 Å². The molecule has 0 aromatic heterocycles. The second-order valence-corrected chi connectivity index (χ2v) is 9.65. The second kappa shape index (κ2) is 7.69. The van der Waals surface area contributed by atoms with Gasteiger partial charge in [0.05, 0.1) is 16.0 Å². The SMILES string of the molecule is CC(C)(N)C(=O)N1CCC(NS(=O)(=O)c2ccc(Br)cc2C(F)(F)F)CC1. The van der Waals surface area contributed by atoms with Crippen LogP contribution in [0, 0.1) is 0 Å². The molecule has 1 aliphatic rings. The lowest BCUT2D eigenvalue weighted by Gasteiger charge is -2.35. The van der Waals surface area contributed by atoms with E-state index in [1.165, 1.54) is 11.0 Å². The van der Waals surface area contributed by atoms with Gasteiger partial charge in [0.1, 0.15) is 0 Å². The molecule has 1 aromatic rings. The van der Waals surface area contributed by atoms with E-state index in [-0.39, 0.29) is 23.5 Å². The number of amides is 1. The Bertz CT molecular complexity index is 814. The van der Waals surface area contributed by atoms with E-state index in [1.54, 1.807) is 13.8 Å². The first kappa shape index (κ1) is 22.1. The van der Waals surface area contributed by atoms with Crippen molar-refractivity contribution in [2.75, 3.05) is 13.1 Å². The number of piperidine rings is 1. The minimum atomic E-state index is -4.81. The smallest absolute Gasteiger partial charge is 0.341 e. The van der Waals surface area contributed by atoms with E-state index in [0.717, 1.165) is 12.1 Å². The van der Waals surface area contributed by atoms with Crippen LogP contribution in [0.25, 0.3) is 0 Å². The number of alkyl halides is 3. The fourth-order valence-corrected chi connectivity index (χ4v) is 4.72. The standard InChI is InChI=1S/C16H21BrF3N3O3S/c1-15(2,21)14(24)23-7-5-11(6-8-23)22-27(25,26)13-4-3-10(17)9-12(13)16(18,19)20/h3-4,9,11,22H,5-8,21H2,1-2H3. The van der Waals surface area contributed by atoms with E-state index >= 15 is 0 Å². The third-order valence-corrected chi connectivity index (χ3v) is 6.26. The summed E-state index contributed by atoms with van der Waals surface area (Å²) in [5.41, 5.74) is 3.51. The largest absolute Gasteiger partial charge is 0.417 e. The predicted octanol–water partition coefficient (Wildman–Crippen LogP) is 2.47. The van der Waals surface area contributed by atoms with Crippen LogP contribution in [0.2, 0.25) is 0 Å². The Morgan fingerprint density at radius 1 is 1.26 bits per heavy atom. The maximum absolute atomic E-state index is 13.2. The summed E-state index contributed by atoms with van der Waals surface area (Å²) in [6, 6.07) is 2.34. The molecule has 1 saturated heterocycles. The van der Waals surface area contributed by atoms with Crippen LogP contribution in [0.1, 0.15) is 32.3 Å². The Hall–Kier alpha value is -1.17. The molecule has 0 radical (unpaired) electrons. The zero-order valence-corrected chi connectivity index (χ0v) is 17.2. The molecule has 6 nitrogen and oxygen atoms in total. The first-order valence-corrected chi connectivity index (χ1v) is 10.5. The van der Waals surface area contributed by atoms with Gasteiger partial charge in [-0.05, 0) is 44.9 Å². The Kier molecular flexibility index (Phi) is 6.30. The van der Waals surface area contributed by atoms with Crippen molar-refractivity contribution in [3.05, 3.63) is 28.2 Å². The highest BCUT2D eigenvalue weighted by Gasteiger charge is 2.38. The third-order valence-electron chi connectivity index (χ3n) is 4.19. The van der Waals surface area contributed by atoms with E-state index in [0.29, 0.717) is 12.8 Å². The lowest BCUT2D eigenvalue weighted by molar-refractivity contribution is -0.140. The number of rotatable bonds is 4. The second-order valence-electron chi connectivity index (χ2n) is 7.05. The fraction of sp³-hybridized carbons (Fsp3) is 0.562. The summed E-state index contributed by atoms with van der Waals surface area (Å²) in [5, 5.41) is 0. The summed E-state index contributed by atoms with van der Waals surface area (Å²) < 4.78 is 67.2. The quantitative estimate of drug-likeness (QED) is 0.705. The molecular weight excluding hydrogens is 451 g/mol. The Morgan fingerprint density at radius 3 is 2.30 bits per heavy atom. The van der Waals surface area contributed by atoms with Crippen LogP contribution in [0.4, 0.5) is 13.2 Å². The van der Waals surface area contributed by atoms with Crippen molar-refractivity contribution in [1.82, 2.24) is 9.62 Å². The fourth-order valence-electron chi connectivity index (χ4n) is 2.85. The molecule has 0 saturated carbocycles. The van der Waals surface area contributed by atoms with Gasteiger partial charge in [-0.15, -0.1) is 0 Å². The Balaban J connectivity index is 2.14. The van der Waals surface area contributed by atoms with E-state index in [9.17, 15) is 26.4 Å². The third kappa shape index (κ3) is 5.43. The number of nitrogens with zero attached hydrogens (tertiary/aromatic N) is 1. The monoisotopic (exact) mass is 471 g/mol. The lowest BCUT2D eigenvalue weighted by Crippen LogP contribution is -2.55. The van der Waals surface area contributed by atoms with Crippen LogP contribution in [0.5, 0.6) is 0 Å². The van der Waals surface area contributed by atoms with Crippen molar-refractivity contribution < 1.29 is 26.4 Å². The zero-order valence-electron chi connectivity index (χ0n) is 14.8. The lowest BCUT2D eigenvalue weighted by atomic mass is 10.0. The molecule has 1 aromatic carbocycles. The predicted molar refractivity (Wildman–Crippen MR) is 97.3 cm³/mol. The molecule has 0 bridgehead atoms. The molecule has 1 heterocycles. The van der Waals surface area contributed by atoms with Crippen molar-refractivity contribution in [2.24, 2.45) is 5.73 Å². The molecule has 0 atom stereocenters. The first-order chi connectivity index (χ1) is 12.2. The molecule has 11 heteroatoms. The summed E-state index contributed by atoms with van der Waals surface area (Å²) in [4.78, 5) is 12.9. The Morgan fingerprint density at radius 2 is 1.81 bits per heavy atom. The average molecular weight is 472 g/mol. The van der Waals surface area contributed by atoms with Crippen LogP contribution in [-0.2, 0) is 21.0 Å². The summed E-state index contributed by atoms with van der Waals surface area (Å²) in [6.45, 7) is 3.71.